The van der Waals surface area contributed by atoms with E-state index >= 15 is 0 Å². The molecule has 11 heteroatoms. The molecule has 0 saturated carbocycles. The van der Waals surface area contributed by atoms with Crippen LogP contribution < -0.4 is 14.4 Å². The Morgan fingerprint density at radius 2 is 1.55 bits per heavy atom. The summed E-state index contributed by atoms with van der Waals surface area (Å²) in [6, 6.07) is 20.5. The Balaban J connectivity index is 1.33. The molecule has 1 atom stereocenters. The number of sulfonamides is 1. The van der Waals surface area contributed by atoms with Crippen molar-refractivity contribution in [1.29, 1.82) is 0 Å². The summed E-state index contributed by atoms with van der Waals surface area (Å²) in [4.78, 5) is 33.0. The molecule has 5 heterocycles. The van der Waals surface area contributed by atoms with Crippen molar-refractivity contribution in [2.45, 2.75) is 96.3 Å². The fraction of sp³-hybridized carbons (Fsp3) is 0.421. The van der Waals surface area contributed by atoms with Gasteiger partial charge in [0.05, 0.1) is 28.9 Å². The third-order valence-electron chi connectivity index (χ3n) is 9.87. The predicted octanol–water partition coefficient (Wildman–Crippen LogP) is 6.93. The number of aromatic nitrogens is 3. The lowest BCUT2D eigenvalue weighted by Gasteiger charge is -2.36. The van der Waals surface area contributed by atoms with Crippen molar-refractivity contribution in [1.82, 2.24) is 19.9 Å². The Labute approximate surface area is 289 Å². The van der Waals surface area contributed by atoms with Gasteiger partial charge in [-0.25, -0.2) is 23.1 Å². The smallest absolute Gasteiger partial charge is 0.264 e. The Morgan fingerprint density at radius 1 is 0.878 bits per heavy atom. The molecule has 0 unspecified atom stereocenters. The maximum atomic E-state index is 14.6. The van der Waals surface area contributed by atoms with Crippen molar-refractivity contribution in [3.63, 3.8) is 0 Å². The minimum absolute atomic E-state index is 0.0573. The molecule has 3 aliphatic heterocycles. The number of anilines is 2. The van der Waals surface area contributed by atoms with Gasteiger partial charge in [0.1, 0.15) is 12.4 Å². The summed E-state index contributed by atoms with van der Waals surface area (Å²) in [5.41, 5.74) is 4.26. The van der Waals surface area contributed by atoms with Gasteiger partial charge in [-0.05, 0) is 92.8 Å². The number of ether oxygens (including phenoxy) is 1. The zero-order valence-corrected chi connectivity index (χ0v) is 29.6. The Morgan fingerprint density at radius 3 is 2.24 bits per heavy atom. The number of fused-ring (bicyclic) bond motifs is 6. The topological polar surface area (TPSA) is 118 Å². The minimum Gasteiger partial charge on any atom is -0.475 e. The molecule has 2 aromatic carbocycles. The van der Waals surface area contributed by atoms with Gasteiger partial charge < -0.3 is 14.5 Å². The highest BCUT2D eigenvalue weighted by Gasteiger charge is 2.40. The third kappa shape index (κ3) is 6.86. The van der Waals surface area contributed by atoms with E-state index in [1.54, 1.807) is 23.1 Å². The number of benzene rings is 2. The van der Waals surface area contributed by atoms with Gasteiger partial charge in [-0.2, -0.15) is 4.98 Å². The van der Waals surface area contributed by atoms with E-state index < -0.39 is 16.1 Å². The van der Waals surface area contributed by atoms with E-state index in [1.165, 1.54) is 37.8 Å². The highest BCUT2D eigenvalue weighted by molar-refractivity contribution is 7.92. The lowest BCUT2D eigenvalue weighted by atomic mass is 9.87. The van der Waals surface area contributed by atoms with Crippen molar-refractivity contribution in [2.75, 3.05) is 16.2 Å². The molecule has 10 nitrogen and oxygen atoms in total. The van der Waals surface area contributed by atoms with Crippen LogP contribution in [0.4, 0.5) is 11.8 Å². The number of nitrogens with one attached hydrogen (secondary N) is 1. The molecule has 256 valence electrons. The second kappa shape index (κ2) is 12.7. The summed E-state index contributed by atoms with van der Waals surface area (Å²) in [5, 5.41) is 0. The molecule has 3 aliphatic rings. The fourth-order valence-corrected chi connectivity index (χ4v) is 8.70. The zero-order valence-electron chi connectivity index (χ0n) is 28.8. The molecular weight excluding hydrogens is 637 g/mol. The molecule has 0 aliphatic carbocycles. The SMILES string of the molecule is Cc1cccc(C)c1-c1cc2nc(n1)NS(=O)(=O)c1cccc(c1)C(=O)N(Cc1cccc(N3C4CCC3CC4)n1)[C@H](CC(C)(C)C)CO2. The highest BCUT2D eigenvalue weighted by Crippen LogP contribution is 2.40. The van der Waals surface area contributed by atoms with Crippen LogP contribution in [-0.4, -0.2) is 58.9 Å². The van der Waals surface area contributed by atoms with Gasteiger partial charge in [-0.15, -0.1) is 0 Å². The second-order valence-electron chi connectivity index (χ2n) is 14.8. The number of hydrogen-bond acceptors (Lipinski definition) is 8. The largest absolute Gasteiger partial charge is 0.475 e. The first-order valence-corrected chi connectivity index (χ1v) is 18.6. The van der Waals surface area contributed by atoms with E-state index in [2.05, 4.69) is 46.4 Å². The van der Waals surface area contributed by atoms with Crippen LogP contribution in [0.15, 0.2) is 71.6 Å². The normalized spacial score (nSPS) is 21.7. The van der Waals surface area contributed by atoms with Crippen LogP contribution in [0.2, 0.25) is 0 Å². The van der Waals surface area contributed by atoms with Crippen LogP contribution >= 0.6 is 0 Å². The maximum absolute atomic E-state index is 14.6. The maximum Gasteiger partial charge on any atom is 0.264 e. The molecule has 0 radical (unpaired) electrons. The van der Waals surface area contributed by atoms with Crippen molar-refractivity contribution in [3.05, 3.63) is 89.1 Å². The summed E-state index contributed by atoms with van der Waals surface area (Å²) in [6.07, 6.45) is 5.38. The summed E-state index contributed by atoms with van der Waals surface area (Å²) in [6.45, 7) is 10.8. The van der Waals surface area contributed by atoms with Crippen LogP contribution in [0.3, 0.4) is 0 Å². The standard InChI is InChI=1S/C38H44N6O4S/c1-24-9-6-10-25(2)35(24)32-20-34-41-37(40-32)42-49(46,47)31-13-7-11-26(19-31)36(45)43(30(23-48-34)21-38(3,4)5)22-27-12-8-14-33(39-27)44-28-15-16-29(44)18-17-28/h6-14,19-20,28-30H,15-18,21-23H2,1-5H3,(H,40,41,42)/t28?,29?,30-/m1/s1. The van der Waals surface area contributed by atoms with Gasteiger partial charge in [0.25, 0.3) is 15.9 Å². The molecule has 1 amide bonds. The van der Waals surface area contributed by atoms with Crippen molar-refractivity contribution in [2.24, 2.45) is 5.41 Å². The Kier molecular flexibility index (Phi) is 8.59. The Bertz CT molecular complexity index is 1970. The molecule has 7 rings (SSSR count). The van der Waals surface area contributed by atoms with Crippen LogP contribution in [0.25, 0.3) is 11.3 Å². The van der Waals surface area contributed by atoms with E-state index in [-0.39, 0.29) is 46.8 Å². The number of aryl methyl sites for hydroxylation is 2. The molecular formula is C38H44N6O4S. The number of nitrogens with zero attached hydrogens (tertiary/aromatic N) is 5. The minimum atomic E-state index is -4.16. The first-order valence-electron chi connectivity index (χ1n) is 17.1. The zero-order chi connectivity index (χ0) is 34.5. The van der Waals surface area contributed by atoms with Crippen LogP contribution in [0, 0.1) is 19.3 Å². The molecule has 1 N–H and O–H groups in total. The number of rotatable bonds is 5. The predicted molar refractivity (Wildman–Crippen MR) is 190 cm³/mol. The molecule has 2 aromatic heterocycles. The fourth-order valence-electron chi connectivity index (χ4n) is 7.71. The number of pyridine rings is 1. The molecule has 4 aromatic rings. The number of carbonyl (C=O) groups excluding carboxylic acids is 1. The van der Waals surface area contributed by atoms with Gasteiger partial charge in [0.2, 0.25) is 11.8 Å². The number of carbonyl (C=O) groups is 1. The summed E-state index contributed by atoms with van der Waals surface area (Å²) in [5.74, 6) is 0.771. The highest BCUT2D eigenvalue weighted by atomic mass is 32.2. The van der Waals surface area contributed by atoms with Gasteiger partial charge in [0.15, 0.2) is 0 Å². The number of amides is 1. The van der Waals surface area contributed by atoms with Crippen molar-refractivity contribution < 1.29 is 17.9 Å². The van der Waals surface area contributed by atoms with E-state index in [1.807, 2.05) is 44.2 Å². The molecule has 6 bridgehead atoms. The van der Waals surface area contributed by atoms with Crippen molar-refractivity contribution >= 4 is 27.7 Å². The summed E-state index contributed by atoms with van der Waals surface area (Å²) in [7, 11) is -4.16. The average molecular weight is 681 g/mol. The van der Waals surface area contributed by atoms with E-state index in [4.69, 9.17) is 9.72 Å². The van der Waals surface area contributed by atoms with Gasteiger partial charge >= 0.3 is 0 Å². The van der Waals surface area contributed by atoms with Crippen LogP contribution in [-0.2, 0) is 16.6 Å². The lowest BCUT2D eigenvalue weighted by Crippen LogP contribution is -2.45. The number of hydrogen-bond donors (Lipinski definition) is 1. The molecule has 0 spiro atoms. The second-order valence-corrected chi connectivity index (χ2v) is 16.5. The molecule has 2 saturated heterocycles. The lowest BCUT2D eigenvalue weighted by molar-refractivity contribution is 0.0509. The first-order chi connectivity index (χ1) is 23.3. The van der Waals surface area contributed by atoms with Crippen molar-refractivity contribution in [3.8, 4) is 17.1 Å². The summed E-state index contributed by atoms with van der Waals surface area (Å²) >= 11 is 0. The van der Waals surface area contributed by atoms with Crippen LogP contribution in [0.1, 0.15) is 80.1 Å². The average Bonchev–Trinajstić information content (AvgIpc) is 3.65. The third-order valence-corrected chi connectivity index (χ3v) is 11.2. The van der Waals surface area contributed by atoms with Gasteiger partial charge in [-0.3, -0.25) is 4.79 Å². The quantitative estimate of drug-likeness (QED) is 0.241. The monoisotopic (exact) mass is 680 g/mol. The summed E-state index contributed by atoms with van der Waals surface area (Å²) < 4.78 is 36.5. The van der Waals surface area contributed by atoms with Gasteiger partial charge in [0, 0.05) is 29.3 Å². The van der Waals surface area contributed by atoms with E-state index in [9.17, 15) is 13.2 Å². The first kappa shape index (κ1) is 33.0. The molecule has 49 heavy (non-hydrogen) atoms. The molecule has 2 fully saturated rings. The Hall–Kier alpha value is -4.51. The van der Waals surface area contributed by atoms with E-state index in [0.717, 1.165) is 28.2 Å². The van der Waals surface area contributed by atoms with Crippen LogP contribution in [0.5, 0.6) is 5.88 Å². The van der Waals surface area contributed by atoms with E-state index in [0.29, 0.717) is 24.2 Å². The van der Waals surface area contributed by atoms with Gasteiger partial charge in [-0.1, -0.05) is 51.1 Å².